The number of carbonyl (C=O) groups excluding carboxylic acids is 2. The topological polar surface area (TPSA) is 70.2 Å². The summed E-state index contributed by atoms with van der Waals surface area (Å²) in [6.07, 6.45) is 3.35. The van der Waals surface area contributed by atoms with Gasteiger partial charge in [0.25, 0.3) is 0 Å². The largest absolute Gasteiger partial charge is 0.354 e. The van der Waals surface area contributed by atoms with Gasteiger partial charge in [-0.05, 0) is 43.8 Å². The van der Waals surface area contributed by atoms with Crippen molar-refractivity contribution in [1.29, 1.82) is 0 Å². The lowest BCUT2D eigenvalue weighted by Gasteiger charge is -2.09. The number of rotatable bonds is 8. The highest BCUT2D eigenvalue weighted by Crippen LogP contribution is 2.13. The molecule has 0 radical (unpaired) electrons. The van der Waals surface area contributed by atoms with Crippen molar-refractivity contribution >= 4 is 11.8 Å². The van der Waals surface area contributed by atoms with Crippen LogP contribution in [0.1, 0.15) is 24.8 Å². The minimum Gasteiger partial charge on any atom is -0.354 e. The molecule has 5 nitrogen and oxygen atoms in total. The summed E-state index contributed by atoms with van der Waals surface area (Å²) in [4.78, 5) is 23.4. The molecule has 5 heteroatoms. The molecule has 1 aromatic carbocycles. The predicted octanol–water partition coefficient (Wildman–Crippen LogP) is 0.851. The van der Waals surface area contributed by atoms with Crippen LogP contribution in [0.3, 0.4) is 0 Å². The van der Waals surface area contributed by atoms with Crippen LogP contribution in [0.2, 0.25) is 0 Å². The second kappa shape index (κ2) is 9.20. The van der Waals surface area contributed by atoms with Crippen LogP contribution in [0, 0.1) is 5.92 Å². The van der Waals surface area contributed by atoms with Crippen LogP contribution in [-0.2, 0) is 16.0 Å². The quantitative estimate of drug-likeness (QED) is 0.667. The van der Waals surface area contributed by atoms with Crippen molar-refractivity contribution in [3.05, 3.63) is 35.9 Å². The number of hydrogen-bond donors (Lipinski definition) is 3. The third kappa shape index (κ3) is 6.26. The molecule has 120 valence electrons. The maximum absolute atomic E-state index is 11.7. The monoisotopic (exact) mass is 303 g/mol. The Bertz CT molecular complexity index is 470. The van der Waals surface area contributed by atoms with Gasteiger partial charge in [0, 0.05) is 13.0 Å². The molecule has 1 unspecified atom stereocenters. The minimum absolute atomic E-state index is 0.0369. The maximum atomic E-state index is 11.7. The van der Waals surface area contributed by atoms with E-state index in [0.29, 0.717) is 18.9 Å². The molecular formula is C17H25N3O2. The standard InChI is InChI=1S/C17H25N3O2/c21-16(7-6-15-8-10-18-12-15)20-13-17(22)19-11-9-14-4-2-1-3-5-14/h1-5,15,18H,6-13H2,(H,19,22)(H,20,21). The zero-order chi connectivity index (χ0) is 15.6. The fourth-order valence-corrected chi connectivity index (χ4v) is 2.62. The van der Waals surface area contributed by atoms with Crippen LogP contribution in [-0.4, -0.2) is 38.0 Å². The lowest BCUT2D eigenvalue weighted by atomic mass is 10.0. The van der Waals surface area contributed by atoms with E-state index in [-0.39, 0.29) is 18.4 Å². The fraction of sp³-hybridized carbons (Fsp3) is 0.529. The zero-order valence-corrected chi connectivity index (χ0v) is 12.9. The second-order valence-corrected chi connectivity index (χ2v) is 5.76. The molecule has 1 aliphatic heterocycles. The first-order valence-corrected chi connectivity index (χ1v) is 8.02. The van der Waals surface area contributed by atoms with Gasteiger partial charge < -0.3 is 16.0 Å². The first-order valence-electron chi connectivity index (χ1n) is 8.02. The maximum Gasteiger partial charge on any atom is 0.239 e. The Labute approximate surface area is 131 Å². The zero-order valence-electron chi connectivity index (χ0n) is 12.9. The van der Waals surface area contributed by atoms with Crippen molar-refractivity contribution in [3.8, 4) is 0 Å². The van der Waals surface area contributed by atoms with Gasteiger partial charge >= 0.3 is 0 Å². The Hall–Kier alpha value is -1.88. The van der Waals surface area contributed by atoms with Gasteiger partial charge in [-0.15, -0.1) is 0 Å². The van der Waals surface area contributed by atoms with Crippen molar-refractivity contribution in [3.63, 3.8) is 0 Å². The van der Waals surface area contributed by atoms with Gasteiger partial charge in [-0.1, -0.05) is 30.3 Å². The Morgan fingerprint density at radius 3 is 2.68 bits per heavy atom. The van der Waals surface area contributed by atoms with Crippen molar-refractivity contribution in [2.24, 2.45) is 5.92 Å². The second-order valence-electron chi connectivity index (χ2n) is 5.76. The van der Waals surface area contributed by atoms with E-state index in [1.807, 2.05) is 30.3 Å². The van der Waals surface area contributed by atoms with Crippen molar-refractivity contribution in [2.45, 2.75) is 25.7 Å². The summed E-state index contributed by atoms with van der Waals surface area (Å²) < 4.78 is 0. The Kier molecular flexibility index (Phi) is 6.90. The highest BCUT2D eigenvalue weighted by molar-refractivity contribution is 5.84. The van der Waals surface area contributed by atoms with E-state index in [0.717, 1.165) is 32.4 Å². The average molecular weight is 303 g/mol. The van der Waals surface area contributed by atoms with E-state index < -0.39 is 0 Å². The van der Waals surface area contributed by atoms with Gasteiger partial charge in [-0.2, -0.15) is 0 Å². The Balaban J connectivity index is 1.52. The lowest BCUT2D eigenvalue weighted by molar-refractivity contribution is -0.126. The molecular weight excluding hydrogens is 278 g/mol. The van der Waals surface area contributed by atoms with E-state index in [4.69, 9.17) is 0 Å². The first kappa shape index (κ1) is 16.5. The number of hydrogen-bond acceptors (Lipinski definition) is 3. The van der Waals surface area contributed by atoms with Crippen molar-refractivity contribution < 1.29 is 9.59 Å². The third-order valence-corrected chi connectivity index (χ3v) is 3.97. The van der Waals surface area contributed by atoms with Crippen LogP contribution in [0.4, 0.5) is 0 Å². The lowest BCUT2D eigenvalue weighted by Crippen LogP contribution is -2.37. The summed E-state index contributed by atoms with van der Waals surface area (Å²) in [7, 11) is 0. The summed E-state index contributed by atoms with van der Waals surface area (Å²) >= 11 is 0. The SMILES string of the molecule is O=C(CCC1CCNC1)NCC(=O)NCCc1ccccc1. The molecule has 1 heterocycles. The average Bonchev–Trinajstić information content (AvgIpc) is 3.05. The van der Waals surface area contributed by atoms with E-state index in [9.17, 15) is 9.59 Å². The van der Waals surface area contributed by atoms with Crippen molar-refractivity contribution in [1.82, 2.24) is 16.0 Å². The molecule has 0 aromatic heterocycles. The molecule has 1 fully saturated rings. The predicted molar refractivity (Wildman–Crippen MR) is 86.4 cm³/mol. The highest BCUT2D eigenvalue weighted by atomic mass is 16.2. The van der Waals surface area contributed by atoms with Crippen LogP contribution >= 0.6 is 0 Å². The molecule has 0 saturated carbocycles. The third-order valence-electron chi connectivity index (χ3n) is 3.97. The van der Waals surface area contributed by atoms with E-state index in [1.165, 1.54) is 5.56 Å². The molecule has 2 amide bonds. The minimum atomic E-state index is -0.133. The van der Waals surface area contributed by atoms with Gasteiger partial charge in [-0.3, -0.25) is 9.59 Å². The molecule has 1 aromatic rings. The smallest absolute Gasteiger partial charge is 0.239 e. The number of nitrogens with one attached hydrogen (secondary N) is 3. The van der Waals surface area contributed by atoms with Gasteiger partial charge in [-0.25, -0.2) is 0 Å². The molecule has 22 heavy (non-hydrogen) atoms. The molecule has 1 aliphatic rings. The molecule has 1 atom stereocenters. The van der Waals surface area contributed by atoms with E-state index in [2.05, 4.69) is 16.0 Å². The van der Waals surface area contributed by atoms with Gasteiger partial charge in [0.2, 0.25) is 11.8 Å². The fourth-order valence-electron chi connectivity index (χ4n) is 2.62. The van der Waals surface area contributed by atoms with E-state index in [1.54, 1.807) is 0 Å². The molecule has 0 bridgehead atoms. The summed E-state index contributed by atoms with van der Waals surface area (Å²) in [6.45, 7) is 2.71. The molecule has 2 rings (SSSR count). The molecule has 0 aliphatic carbocycles. The molecule has 3 N–H and O–H groups in total. The number of amides is 2. The van der Waals surface area contributed by atoms with Gasteiger partial charge in [0.05, 0.1) is 6.54 Å². The summed E-state index contributed by atoms with van der Waals surface area (Å²) in [6, 6.07) is 10.0. The van der Waals surface area contributed by atoms with Crippen LogP contribution in [0.25, 0.3) is 0 Å². The van der Waals surface area contributed by atoms with Gasteiger partial charge in [0.15, 0.2) is 0 Å². The Morgan fingerprint density at radius 1 is 1.14 bits per heavy atom. The summed E-state index contributed by atoms with van der Waals surface area (Å²) in [5.41, 5.74) is 1.19. The summed E-state index contributed by atoms with van der Waals surface area (Å²) in [5.74, 6) is 0.433. The number of benzene rings is 1. The van der Waals surface area contributed by atoms with Crippen molar-refractivity contribution in [2.75, 3.05) is 26.2 Å². The molecule has 0 spiro atoms. The first-order chi connectivity index (χ1) is 10.7. The molecule has 1 saturated heterocycles. The van der Waals surface area contributed by atoms with E-state index >= 15 is 0 Å². The normalized spacial score (nSPS) is 17.2. The summed E-state index contributed by atoms with van der Waals surface area (Å²) in [5, 5.41) is 8.79. The number of carbonyl (C=O) groups is 2. The van der Waals surface area contributed by atoms with Crippen LogP contribution < -0.4 is 16.0 Å². The highest BCUT2D eigenvalue weighted by Gasteiger charge is 2.15. The van der Waals surface area contributed by atoms with Gasteiger partial charge in [0.1, 0.15) is 0 Å². The van der Waals surface area contributed by atoms with Crippen LogP contribution in [0.15, 0.2) is 30.3 Å². The van der Waals surface area contributed by atoms with Crippen LogP contribution in [0.5, 0.6) is 0 Å². The Morgan fingerprint density at radius 2 is 1.95 bits per heavy atom.